The lowest BCUT2D eigenvalue weighted by Crippen LogP contribution is -2.09. The molecule has 0 aromatic heterocycles. The maximum Gasteiger partial charge on any atom is -0.0412 e. The molecule has 0 heteroatoms. The molecule has 0 aliphatic heterocycles. The highest BCUT2D eigenvalue weighted by Gasteiger charge is 2.13. The zero-order valence-corrected chi connectivity index (χ0v) is 5.40. The van der Waals surface area contributed by atoms with Crippen LogP contribution in [-0.2, 0) is 0 Å². The first-order valence-electron chi connectivity index (χ1n) is 3.45. The minimum Gasteiger partial charge on any atom is -0.0528 e. The van der Waals surface area contributed by atoms with Crippen molar-refractivity contribution in [2.75, 3.05) is 0 Å². The molecule has 1 saturated carbocycles. The summed E-state index contributed by atoms with van der Waals surface area (Å²) in [6, 6.07) is 0. The molecule has 8 heavy (non-hydrogen) atoms. The summed E-state index contributed by atoms with van der Waals surface area (Å²) in [5.74, 6) is 1.40. The van der Waals surface area contributed by atoms with Gasteiger partial charge in [0.15, 0.2) is 0 Å². The quantitative estimate of drug-likeness (QED) is 0.449. The van der Waals surface area contributed by atoms with E-state index in [4.69, 9.17) is 0 Å². The van der Waals surface area contributed by atoms with Gasteiger partial charge in [-0.1, -0.05) is 33.1 Å². The Morgan fingerprint density at radius 3 is 1.75 bits per heavy atom. The van der Waals surface area contributed by atoms with Crippen LogP contribution in [0.5, 0.6) is 0 Å². The molecule has 0 amide bonds. The second-order valence-corrected chi connectivity index (χ2v) is 2.90. The van der Waals surface area contributed by atoms with Crippen molar-refractivity contribution in [3.63, 3.8) is 0 Å². The normalized spacial score (nSPS) is 39.8. The lowest BCUT2D eigenvalue weighted by atomic mass is 9.84. The monoisotopic (exact) mass is 110 g/mol. The maximum atomic E-state index is 4.01. The zero-order chi connectivity index (χ0) is 5.98. The van der Waals surface area contributed by atoms with Crippen LogP contribution in [0.15, 0.2) is 0 Å². The van der Waals surface area contributed by atoms with Crippen LogP contribution < -0.4 is 0 Å². The van der Waals surface area contributed by atoms with E-state index in [9.17, 15) is 0 Å². The molecule has 2 radical (unpaired) electrons. The summed E-state index contributed by atoms with van der Waals surface area (Å²) in [5.41, 5.74) is 0. The highest BCUT2D eigenvalue weighted by molar-refractivity contribution is 4.74. The van der Waals surface area contributed by atoms with Crippen molar-refractivity contribution < 1.29 is 0 Å². The molecule has 0 aromatic carbocycles. The third-order valence-electron chi connectivity index (χ3n) is 1.89. The van der Waals surface area contributed by atoms with Crippen LogP contribution >= 0.6 is 0 Å². The molecule has 0 saturated heterocycles. The highest BCUT2D eigenvalue weighted by atomic mass is 14.2. The lowest BCUT2D eigenvalue weighted by molar-refractivity contribution is 0.348. The van der Waals surface area contributed by atoms with E-state index >= 15 is 0 Å². The van der Waals surface area contributed by atoms with Crippen LogP contribution in [0.4, 0.5) is 0 Å². The molecule has 1 aliphatic carbocycles. The predicted octanol–water partition coefficient (Wildman–Crippen LogP) is 2.46. The third kappa shape index (κ3) is 1.50. The smallest absolute Gasteiger partial charge is 0.0412 e. The standard InChI is InChI=1S/C8H14/c1-7-4-3-5-8(2)6-7/h7-8H,1-6H2/t7-,8-/m1/s1. The van der Waals surface area contributed by atoms with Gasteiger partial charge >= 0.3 is 0 Å². The molecule has 0 aromatic rings. The van der Waals surface area contributed by atoms with Crippen molar-refractivity contribution in [2.24, 2.45) is 11.8 Å². The van der Waals surface area contributed by atoms with E-state index in [1.54, 1.807) is 0 Å². The second-order valence-electron chi connectivity index (χ2n) is 2.90. The SMILES string of the molecule is [CH2][C@@H]1CCC[C@@H]([CH2])C1. The molecule has 1 fully saturated rings. The van der Waals surface area contributed by atoms with Crippen molar-refractivity contribution >= 4 is 0 Å². The average Bonchev–Trinajstić information content (AvgIpc) is 1.64. The molecule has 0 unspecified atom stereocenters. The Balaban J connectivity index is 2.23. The Hall–Kier alpha value is 0. The molecule has 2 atom stereocenters. The topological polar surface area (TPSA) is 0 Å². The van der Waals surface area contributed by atoms with Crippen LogP contribution in [0.1, 0.15) is 25.7 Å². The largest absolute Gasteiger partial charge is 0.0528 e. The molecular formula is C8H14. The summed E-state index contributed by atoms with van der Waals surface area (Å²) in [5, 5.41) is 0. The van der Waals surface area contributed by atoms with E-state index in [1.807, 2.05) is 0 Å². The summed E-state index contributed by atoms with van der Waals surface area (Å²) in [7, 11) is 0. The molecule has 0 N–H and O–H groups in total. The van der Waals surface area contributed by atoms with Crippen LogP contribution in [0.2, 0.25) is 0 Å². The van der Waals surface area contributed by atoms with Gasteiger partial charge in [-0.3, -0.25) is 0 Å². The van der Waals surface area contributed by atoms with Crippen LogP contribution in [0.25, 0.3) is 0 Å². The third-order valence-corrected chi connectivity index (χ3v) is 1.89. The molecule has 46 valence electrons. The Morgan fingerprint density at radius 1 is 1.00 bits per heavy atom. The number of hydrogen-bond donors (Lipinski definition) is 0. The van der Waals surface area contributed by atoms with Crippen molar-refractivity contribution in [3.05, 3.63) is 13.8 Å². The Labute approximate surface area is 52.3 Å². The molecular weight excluding hydrogens is 96.1 g/mol. The van der Waals surface area contributed by atoms with E-state index in [0.717, 1.165) is 0 Å². The van der Waals surface area contributed by atoms with Gasteiger partial charge in [-0.05, 0) is 18.3 Å². The van der Waals surface area contributed by atoms with Crippen molar-refractivity contribution in [2.45, 2.75) is 25.7 Å². The fraction of sp³-hybridized carbons (Fsp3) is 0.750. The summed E-state index contributed by atoms with van der Waals surface area (Å²) in [6.45, 7) is 8.02. The van der Waals surface area contributed by atoms with Gasteiger partial charge in [0.05, 0.1) is 0 Å². The first-order chi connectivity index (χ1) is 3.79. The average molecular weight is 110 g/mol. The molecule has 0 nitrogen and oxygen atoms in total. The van der Waals surface area contributed by atoms with E-state index < -0.39 is 0 Å². The van der Waals surface area contributed by atoms with Crippen LogP contribution in [0, 0.1) is 25.7 Å². The summed E-state index contributed by atoms with van der Waals surface area (Å²) < 4.78 is 0. The first-order valence-corrected chi connectivity index (χ1v) is 3.45. The van der Waals surface area contributed by atoms with Crippen LogP contribution in [0.3, 0.4) is 0 Å². The number of hydrogen-bond acceptors (Lipinski definition) is 0. The van der Waals surface area contributed by atoms with Gasteiger partial charge in [-0.2, -0.15) is 0 Å². The molecule has 0 heterocycles. The first kappa shape index (κ1) is 6.12. The van der Waals surface area contributed by atoms with E-state index in [2.05, 4.69) is 13.8 Å². The lowest BCUT2D eigenvalue weighted by Gasteiger charge is -2.22. The molecule has 0 spiro atoms. The minimum atomic E-state index is 0.700. The van der Waals surface area contributed by atoms with Gasteiger partial charge < -0.3 is 0 Å². The van der Waals surface area contributed by atoms with Gasteiger partial charge in [-0.25, -0.2) is 0 Å². The Kier molecular flexibility index (Phi) is 1.93. The summed E-state index contributed by atoms with van der Waals surface area (Å²) in [6.07, 6.45) is 5.25. The fourth-order valence-electron chi connectivity index (χ4n) is 1.40. The van der Waals surface area contributed by atoms with Gasteiger partial charge in [0.25, 0.3) is 0 Å². The summed E-state index contributed by atoms with van der Waals surface area (Å²) >= 11 is 0. The molecule has 1 aliphatic rings. The molecule has 1 rings (SSSR count). The Bertz CT molecular complexity index is 58.4. The van der Waals surface area contributed by atoms with E-state index in [1.165, 1.54) is 25.7 Å². The van der Waals surface area contributed by atoms with Crippen molar-refractivity contribution in [1.82, 2.24) is 0 Å². The van der Waals surface area contributed by atoms with Crippen molar-refractivity contribution in [1.29, 1.82) is 0 Å². The highest BCUT2D eigenvalue weighted by Crippen LogP contribution is 2.26. The van der Waals surface area contributed by atoms with Gasteiger partial charge in [0, 0.05) is 0 Å². The van der Waals surface area contributed by atoms with E-state index in [-0.39, 0.29) is 0 Å². The van der Waals surface area contributed by atoms with Gasteiger partial charge in [0.2, 0.25) is 0 Å². The van der Waals surface area contributed by atoms with Crippen LogP contribution in [-0.4, -0.2) is 0 Å². The fourth-order valence-corrected chi connectivity index (χ4v) is 1.40. The molecule has 0 bridgehead atoms. The number of rotatable bonds is 0. The minimum absolute atomic E-state index is 0.700. The van der Waals surface area contributed by atoms with Gasteiger partial charge in [0.1, 0.15) is 0 Å². The Morgan fingerprint density at radius 2 is 1.50 bits per heavy atom. The second kappa shape index (κ2) is 2.52. The summed E-state index contributed by atoms with van der Waals surface area (Å²) in [4.78, 5) is 0. The maximum absolute atomic E-state index is 4.01. The zero-order valence-electron chi connectivity index (χ0n) is 5.40. The van der Waals surface area contributed by atoms with Gasteiger partial charge in [-0.15, -0.1) is 0 Å². The van der Waals surface area contributed by atoms with Crippen molar-refractivity contribution in [3.8, 4) is 0 Å². The van der Waals surface area contributed by atoms with E-state index in [0.29, 0.717) is 11.8 Å². The predicted molar refractivity (Wildman–Crippen MR) is 36.2 cm³/mol.